The molecule has 0 aliphatic heterocycles. The summed E-state index contributed by atoms with van der Waals surface area (Å²) in [5.41, 5.74) is 1.85. The van der Waals surface area contributed by atoms with Gasteiger partial charge in [0.2, 0.25) is 0 Å². The van der Waals surface area contributed by atoms with Crippen molar-refractivity contribution < 1.29 is 9.53 Å². The molecule has 1 heterocycles. The van der Waals surface area contributed by atoms with Gasteiger partial charge in [0, 0.05) is 16.0 Å². The number of hydrogen-bond acceptors (Lipinski definition) is 4. The fourth-order valence-electron chi connectivity index (χ4n) is 2.05. The van der Waals surface area contributed by atoms with Gasteiger partial charge in [-0.05, 0) is 31.2 Å². The average molecular weight is 359 g/mol. The van der Waals surface area contributed by atoms with Gasteiger partial charge in [-0.3, -0.25) is 10.1 Å². The first-order valence-electron chi connectivity index (χ1n) is 7.36. The van der Waals surface area contributed by atoms with Crippen LogP contribution in [0.4, 0.5) is 5.13 Å². The summed E-state index contributed by atoms with van der Waals surface area (Å²) in [5, 5.41) is 5.86. The molecule has 24 heavy (non-hydrogen) atoms. The second kappa shape index (κ2) is 7.47. The highest BCUT2D eigenvalue weighted by Gasteiger charge is 2.16. The molecule has 0 radical (unpaired) electrons. The number of amides is 1. The zero-order chi connectivity index (χ0) is 16.9. The number of halogens is 1. The Labute approximate surface area is 149 Å². The SMILES string of the molecule is C[C@H](Oc1ccc(Cl)cc1)C(=O)Nc1nc(-c2ccccc2)cs1. The van der Waals surface area contributed by atoms with Gasteiger partial charge >= 0.3 is 0 Å². The van der Waals surface area contributed by atoms with E-state index in [9.17, 15) is 4.79 Å². The van der Waals surface area contributed by atoms with Crippen LogP contribution in [0.5, 0.6) is 5.75 Å². The Hall–Kier alpha value is -2.37. The molecule has 1 N–H and O–H groups in total. The Balaban J connectivity index is 1.62. The highest BCUT2D eigenvalue weighted by molar-refractivity contribution is 7.14. The maximum absolute atomic E-state index is 12.2. The summed E-state index contributed by atoms with van der Waals surface area (Å²) < 4.78 is 5.60. The molecule has 0 aliphatic carbocycles. The molecule has 1 aromatic heterocycles. The van der Waals surface area contributed by atoms with Gasteiger partial charge in [0.1, 0.15) is 5.75 Å². The second-order valence-corrected chi connectivity index (χ2v) is 6.40. The lowest BCUT2D eigenvalue weighted by molar-refractivity contribution is -0.122. The Kier molecular flexibility index (Phi) is 5.13. The lowest BCUT2D eigenvalue weighted by Crippen LogP contribution is -2.30. The van der Waals surface area contributed by atoms with Crippen molar-refractivity contribution in [1.82, 2.24) is 4.98 Å². The van der Waals surface area contributed by atoms with Gasteiger partial charge in [0.15, 0.2) is 11.2 Å². The van der Waals surface area contributed by atoms with Crippen LogP contribution < -0.4 is 10.1 Å². The number of aromatic nitrogens is 1. The van der Waals surface area contributed by atoms with Crippen LogP contribution in [-0.2, 0) is 4.79 Å². The Morgan fingerprint density at radius 3 is 2.58 bits per heavy atom. The van der Waals surface area contributed by atoms with Crippen LogP contribution in [0, 0.1) is 0 Å². The summed E-state index contributed by atoms with van der Waals surface area (Å²) in [6, 6.07) is 16.7. The Morgan fingerprint density at radius 2 is 1.88 bits per heavy atom. The van der Waals surface area contributed by atoms with Gasteiger partial charge < -0.3 is 4.74 Å². The molecular formula is C18H15ClN2O2S. The number of anilines is 1. The number of hydrogen-bond donors (Lipinski definition) is 1. The number of ether oxygens (including phenoxy) is 1. The second-order valence-electron chi connectivity index (χ2n) is 5.11. The van der Waals surface area contributed by atoms with E-state index >= 15 is 0 Å². The van der Waals surface area contributed by atoms with E-state index in [-0.39, 0.29) is 5.91 Å². The number of carbonyl (C=O) groups excluding carboxylic acids is 1. The summed E-state index contributed by atoms with van der Waals surface area (Å²) in [6.45, 7) is 1.69. The molecule has 0 fully saturated rings. The maximum Gasteiger partial charge on any atom is 0.266 e. The monoisotopic (exact) mass is 358 g/mol. The minimum absolute atomic E-state index is 0.251. The molecule has 3 aromatic rings. The quantitative estimate of drug-likeness (QED) is 0.707. The van der Waals surface area contributed by atoms with Gasteiger partial charge in [-0.2, -0.15) is 0 Å². The summed E-state index contributed by atoms with van der Waals surface area (Å²) in [7, 11) is 0. The summed E-state index contributed by atoms with van der Waals surface area (Å²) in [6.07, 6.45) is -0.643. The van der Waals surface area contributed by atoms with E-state index in [4.69, 9.17) is 16.3 Å². The van der Waals surface area contributed by atoms with E-state index in [0.29, 0.717) is 15.9 Å². The minimum atomic E-state index is -0.643. The molecule has 0 unspecified atom stereocenters. The first-order chi connectivity index (χ1) is 11.6. The van der Waals surface area contributed by atoms with E-state index in [1.165, 1.54) is 11.3 Å². The molecular weight excluding hydrogens is 344 g/mol. The molecule has 0 saturated carbocycles. The topological polar surface area (TPSA) is 51.2 Å². The lowest BCUT2D eigenvalue weighted by atomic mass is 10.2. The summed E-state index contributed by atoms with van der Waals surface area (Å²) in [4.78, 5) is 16.7. The zero-order valence-electron chi connectivity index (χ0n) is 12.9. The van der Waals surface area contributed by atoms with Crippen LogP contribution in [0.15, 0.2) is 60.0 Å². The average Bonchev–Trinajstić information content (AvgIpc) is 3.06. The van der Waals surface area contributed by atoms with Crippen molar-refractivity contribution in [3.8, 4) is 17.0 Å². The summed E-state index contributed by atoms with van der Waals surface area (Å²) >= 11 is 7.21. The smallest absolute Gasteiger partial charge is 0.266 e. The number of rotatable bonds is 5. The first-order valence-corrected chi connectivity index (χ1v) is 8.61. The van der Waals surface area contributed by atoms with Gasteiger partial charge in [-0.15, -0.1) is 11.3 Å². The first kappa shape index (κ1) is 16.5. The van der Waals surface area contributed by atoms with Gasteiger partial charge in [-0.25, -0.2) is 4.98 Å². The normalized spacial score (nSPS) is 11.8. The molecule has 3 rings (SSSR count). The Morgan fingerprint density at radius 1 is 1.17 bits per heavy atom. The lowest BCUT2D eigenvalue weighted by Gasteiger charge is -2.13. The van der Waals surface area contributed by atoms with Crippen LogP contribution in [0.2, 0.25) is 5.02 Å². The number of thiazole rings is 1. The maximum atomic E-state index is 12.2. The molecule has 1 amide bonds. The fourth-order valence-corrected chi connectivity index (χ4v) is 2.90. The number of carbonyl (C=O) groups is 1. The fraction of sp³-hybridized carbons (Fsp3) is 0.111. The highest BCUT2D eigenvalue weighted by atomic mass is 35.5. The van der Waals surface area contributed by atoms with Crippen molar-refractivity contribution in [3.05, 3.63) is 65.0 Å². The van der Waals surface area contributed by atoms with Gasteiger partial charge in [0.05, 0.1) is 5.69 Å². The van der Waals surface area contributed by atoms with Crippen molar-refractivity contribution in [3.63, 3.8) is 0 Å². The van der Waals surface area contributed by atoms with E-state index in [0.717, 1.165) is 11.3 Å². The van der Waals surface area contributed by atoms with E-state index in [1.807, 2.05) is 35.7 Å². The van der Waals surface area contributed by atoms with Gasteiger partial charge in [0.25, 0.3) is 5.91 Å². The number of nitrogens with one attached hydrogen (secondary N) is 1. The van der Waals surface area contributed by atoms with Crippen molar-refractivity contribution in [2.75, 3.05) is 5.32 Å². The predicted octanol–water partition coefficient (Wildman–Crippen LogP) is 4.87. The molecule has 0 bridgehead atoms. The molecule has 1 atom stereocenters. The van der Waals surface area contributed by atoms with Crippen LogP contribution in [0.1, 0.15) is 6.92 Å². The van der Waals surface area contributed by atoms with Crippen LogP contribution in [0.25, 0.3) is 11.3 Å². The zero-order valence-corrected chi connectivity index (χ0v) is 14.5. The summed E-state index contributed by atoms with van der Waals surface area (Å²) in [5.74, 6) is 0.338. The predicted molar refractivity (Wildman–Crippen MR) is 97.7 cm³/mol. The van der Waals surface area contributed by atoms with Crippen LogP contribution >= 0.6 is 22.9 Å². The van der Waals surface area contributed by atoms with Crippen molar-refractivity contribution in [2.45, 2.75) is 13.0 Å². The standard InChI is InChI=1S/C18H15ClN2O2S/c1-12(23-15-9-7-14(19)8-10-15)17(22)21-18-20-16(11-24-18)13-5-3-2-4-6-13/h2-12H,1H3,(H,20,21,22)/t12-/m0/s1. The van der Waals surface area contributed by atoms with Crippen LogP contribution in [-0.4, -0.2) is 17.0 Å². The Bertz CT molecular complexity index is 819. The third-order valence-corrected chi connectivity index (χ3v) is 4.31. The van der Waals surface area contributed by atoms with Gasteiger partial charge in [-0.1, -0.05) is 41.9 Å². The van der Waals surface area contributed by atoms with E-state index in [2.05, 4.69) is 10.3 Å². The third kappa shape index (κ3) is 4.13. The molecule has 122 valence electrons. The van der Waals surface area contributed by atoms with Crippen LogP contribution in [0.3, 0.4) is 0 Å². The van der Waals surface area contributed by atoms with Crippen molar-refractivity contribution >= 4 is 34.0 Å². The molecule has 0 spiro atoms. The molecule has 0 aliphatic rings. The number of benzene rings is 2. The largest absolute Gasteiger partial charge is 0.481 e. The molecule has 6 heteroatoms. The van der Waals surface area contributed by atoms with E-state index < -0.39 is 6.10 Å². The number of nitrogens with zero attached hydrogens (tertiary/aromatic N) is 1. The highest BCUT2D eigenvalue weighted by Crippen LogP contribution is 2.25. The minimum Gasteiger partial charge on any atom is -0.481 e. The molecule has 4 nitrogen and oxygen atoms in total. The van der Waals surface area contributed by atoms with E-state index in [1.54, 1.807) is 31.2 Å². The molecule has 2 aromatic carbocycles. The third-order valence-electron chi connectivity index (χ3n) is 3.30. The van der Waals surface area contributed by atoms with Crippen molar-refractivity contribution in [2.24, 2.45) is 0 Å². The molecule has 0 saturated heterocycles. The van der Waals surface area contributed by atoms with Crippen molar-refractivity contribution in [1.29, 1.82) is 0 Å².